The Balaban J connectivity index is 2.11. The van der Waals surface area contributed by atoms with E-state index in [2.05, 4.69) is 11.1 Å². The lowest BCUT2D eigenvalue weighted by Gasteiger charge is -2.18. The van der Waals surface area contributed by atoms with Gasteiger partial charge in [-0.15, -0.1) is 0 Å². The number of pyridine rings is 1. The van der Waals surface area contributed by atoms with E-state index in [0.717, 1.165) is 16.9 Å². The van der Waals surface area contributed by atoms with Crippen molar-refractivity contribution in [2.75, 3.05) is 11.9 Å². The van der Waals surface area contributed by atoms with Gasteiger partial charge in [0.05, 0.1) is 18.2 Å². The first-order valence-electron chi connectivity index (χ1n) is 5.99. The lowest BCUT2D eigenvalue weighted by atomic mass is 10.1. The van der Waals surface area contributed by atoms with Crippen LogP contribution in [0.2, 0.25) is 0 Å². The first-order chi connectivity index (χ1) is 9.22. The topological polar surface area (TPSA) is 60.2 Å². The van der Waals surface area contributed by atoms with Crippen LogP contribution in [0.5, 0.6) is 0 Å². The molecular weight excluding hydrogens is 238 g/mol. The minimum Gasteiger partial charge on any atom is -0.392 e. The number of anilines is 1. The third-order valence-corrected chi connectivity index (χ3v) is 2.86. The summed E-state index contributed by atoms with van der Waals surface area (Å²) in [6.45, 7) is 0.683. The van der Waals surface area contributed by atoms with E-state index in [1.54, 1.807) is 12.3 Å². The standard InChI is InChI=1S/C15H15N3O/c1-18(15-6-5-14(11-19)9-17-15)10-13-4-2-3-12(7-13)8-16/h2-7,9,19H,10-11H2,1H3. The molecule has 4 heteroatoms. The number of aromatic nitrogens is 1. The second-order valence-corrected chi connectivity index (χ2v) is 4.35. The summed E-state index contributed by atoms with van der Waals surface area (Å²) in [5.41, 5.74) is 2.52. The van der Waals surface area contributed by atoms with E-state index >= 15 is 0 Å². The number of nitriles is 1. The number of aliphatic hydroxyl groups is 1. The number of hydrogen-bond donors (Lipinski definition) is 1. The van der Waals surface area contributed by atoms with Crippen molar-refractivity contribution < 1.29 is 5.11 Å². The predicted molar refractivity (Wildman–Crippen MR) is 73.4 cm³/mol. The highest BCUT2D eigenvalue weighted by Gasteiger charge is 2.04. The van der Waals surface area contributed by atoms with Gasteiger partial charge in [-0.25, -0.2) is 4.98 Å². The van der Waals surface area contributed by atoms with Crippen LogP contribution in [0.15, 0.2) is 42.6 Å². The van der Waals surface area contributed by atoms with Crippen LogP contribution in [0.25, 0.3) is 0 Å². The van der Waals surface area contributed by atoms with E-state index in [1.165, 1.54) is 0 Å². The first kappa shape index (κ1) is 13.1. The highest BCUT2D eigenvalue weighted by Crippen LogP contribution is 2.14. The molecule has 0 bridgehead atoms. The molecule has 0 aliphatic rings. The van der Waals surface area contributed by atoms with Gasteiger partial charge in [0.1, 0.15) is 5.82 Å². The van der Waals surface area contributed by atoms with Crippen LogP contribution in [0, 0.1) is 11.3 Å². The summed E-state index contributed by atoms with van der Waals surface area (Å²) in [4.78, 5) is 6.29. The lowest BCUT2D eigenvalue weighted by Crippen LogP contribution is -2.17. The summed E-state index contributed by atoms with van der Waals surface area (Å²) in [5, 5.41) is 17.8. The molecular formula is C15H15N3O. The Hall–Kier alpha value is -2.38. The average molecular weight is 253 g/mol. The molecule has 1 aromatic heterocycles. The molecule has 0 saturated carbocycles. The van der Waals surface area contributed by atoms with Crippen molar-refractivity contribution in [3.8, 4) is 6.07 Å². The molecule has 0 saturated heterocycles. The molecule has 0 spiro atoms. The summed E-state index contributed by atoms with van der Waals surface area (Å²) >= 11 is 0. The van der Waals surface area contributed by atoms with E-state index < -0.39 is 0 Å². The SMILES string of the molecule is CN(Cc1cccc(C#N)c1)c1ccc(CO)cn1. The maximum absolute atomic E-state index is 8.98. The van der Waals surface area contributed by atoms with Gasteiger partial charge in [-0.05, 0) is 29.3 Å². The maximum atomic E-state index is 8.98. The second kappa shape index (κ2) is 5.98. The third kappa shape index (κ3) is 3.30. The predicted octanol–water partition coefficient (Wildman–Crippen LogP) is 2.08. The molecule has 19 heavy (non-hydrogen) atoms. The normalized spacial score (nSPS) is 9.95. The Labute approximate surface area is 112 Å². The van der Waals surface area contributed by atoms with E-state index in [1.807, 2.05) is 42.3 Å². The Morgan fingerprint density at radius 3 is 2.74 bits per heavy atom. The molecule has 0 aliphatic carbocycles. The average Bonchev–Trinajstić information content (AvgIpc) is 2.47. The zero-order valence-electron chi connectivity index (χ0n) is 10.7. The highest BCUT2D eigenvalue weighted by molar-refractivity contribution is 5.41. The molecule has 1 heterocycles. The van der Waals surface area contributed by atoms with Crippen LogP contribution in [0.4, 0.5) is 5.82 Å². The van der Waals surface area contributed by atoms with Crippen molar-refractivity contribution in [2.45, 2.75) is 13.2 Å². The first-order valence-corrected chi connectivity index (χ1v) is 5.99. The maximum Gasteiger partial charge on any atom is 0.128 e. The van der Waals surface area contributed by atoms with E-state index in [9.17, 15) is 0 Å². The van der Waals surface area contributed by atoms with E-state index in [0.29, 0.717) is 12.1 Å². The van der Waals surface area contributed by atoms with Gasteiger partial charge in [0.2, 0.25) is 0 Å². The van der Waals surface area contributed by atoms with E-state index in [4.69, 9.17) is 10.4 Å². The van der Waals surface area contributed by atoms with Crippen LogP contribution in [-0.2, 0) is 13.2 Å². The minimum atomic E-state index is 0.00120. The van der Waals surface area contributed by atoms with Gasteiger partial charge >= 0.3 is 0 Å². The Morgan fingerprint density at radius 1 is 1.26 bits per heavy atom. The molecule has 0 fully saturated rings. The summed E-state index contributed by atoms with van der Waals surface area (Å²) in [6, 6.07) is 13.4. The fourth-order valence-corrected chi connectivity index (χ4v) is 1.83. The van der Waals surface area contributed by atoms with Gasteiger partial charge in [-0.1, -0.05) is 18.2 Å². The molecule has 0 aliphatic heterocycles. The van der Waals surface area contributed by atoms with Crippen LogP contribution >= 0.6 is 0 Å². The van der Waals surface area contributed by atoms with Crippen molar-refractivity contribution in [3.63, 3.8) is 0 Å². The van der Waals surface area contributed by atoms with Gasteiger partial charge in [0, 0.05) is 19.8 Å². The van der Waals surface area contributed by atoms with Gasteiger partial charge in [0.25, 0.3) is 0 Å². The summed E-state index contributed by atoms with van der Waals surface area (Å²) in [5.74, 6) is 0.833. The smallest absolute Gasteiger partial charge is 0.128 e. The second-order valence-electron chi connectivity index (χ2n) is 4.35. The Morgan fingerprint density at radius 2 is 2.11 bits per heavy atom. The minimum absolute atomic E-state index is 0.00120. The van der Waals surface area contributed by atoms with Gasteiger partial charge in [0.15, 0.2) is 0 Å². The Bertz CT molecular complexity index is 587. The van der Waals surface area contributed by atoms with Crippen molar-refractivity contribution in [3.05, 3.63) is 59.3 Å². The monoisotopic (exact) mass is 253 g/mol. The fourth-order valence-electron chi connectivity index (χ4n) is 1.83. The molecule has 2 aromatic rings. The molecule has 0 unspecified atom stereocenters. The molecule has 0 atom stereocenters. The molecule has 96 valence electrons. The number of benzene rings is 1. The van der Waals surface area contributed by atoms with Crippen molar-refractivity contribution in [1.82, 2.24) is 4.98 Å². The van der Waals surface area contributed by atoms with Crippen molar-refractivity contribution in [2.24, 2.45) is 0 Å². The molecule has 4 nitrogen and oxygen atoms in total. The summed E-state index contributed by atoms with van der Waals surface area (Å²) in [6.07, 6.45) is 1.66. The summed E-state index contributed by atoms with van der Waals surface area (Å²) < 4.78 is 0. The van der Waals surface area contributed by atoms with Gasteiger partial charge < -0.3 is 10.0 Å². The van der Waals surface area contributed by atoms with Gasteiger partial charge in [-0.3, -0.25) is 0 Å². The number of aliphatic hydroxyl groups excluding tert-OH is 1. The zero-order valence-corrected chi connectivity index (χ0v) is 10.7. The van der Waals surface area contributed by atoms with Gasteiger partial charge in [-0.2, -0.15) is 5.26 Å². The number of rotatable bonds is 4. The van der Waals surface area contributed by atoms with Crippen LogP contribution in [0.1, 0.15) is 16.7 Å². The summed E-state index contributed by atoms with van der Waals surface area (Å²) in [7, 11) is 1.94. The fraction of sp³-hybridized carbons (Fsp3) is 0.200. The molecule has 0 radical (unpaired) electrons. The largest absolute Gasteiger partial charge is 0.392 e. The number of hydrogen-bond acceptors (Lipinski definition) is 4. The van der Waals surface area contributed by atoms with E-state index in [-0.39, 0.29) is 6.61 Å². The van der Waals surface area contributed by atoms with Crippen LogP contribution < -0.4 is 4.90 Å². The zero-order chi connectivity index (χ0) is 13.7. The Kier molecular flexibility index (Phi) is 4.11. The molecule has 1 aromatic carbocycles. The van der Waals surface area contributed by atoms with Crippen LogP contribution in [0.3, 0.4) is 0 Å². The van der Waals surface area contributed by atoms with Crippen LogP contribution in [-0.4, -0.2) is 17.1 Å². The number of nitrogens with zero attached hydrogens (tertiary/aromatic N) is 3. The highest BCUT2D eigenvalue weighted by atomic mass is 16.3. The lowest BCUT2D eigenvalue weighted by molar-refractivity contribution is 0.281. The van der Waals surface area contributed by atoms with Crippen molar-refractivity contribution >= 4 is 5.82 Å². The molecule has 0 amide bonds. The molecule has 1 N–H and O–H groups in total. The quantitative estimate of drug-likeness (QED) is 0.906. The third-order valence-electron chi connectivity index (χ3n) is 2.86. The van der Waals surface area contributed by atoms with Crippen molar-refractivity contribution in [1.29, 1.82) is 5.26 Å². The molecule has 2 rings (SSSR count).